The average molecular weight is 718 g/mol. The van der Waals surface area contributed by atoms with E-state index in [1.165, 1.54) is 6.08 Å². The van der Waals surface area contributed by atoms with Crippen molar-refractivity contribution in [1.82, 2.24) is 4.90 Å². The van der Waals surface area contributed by atoms with Crippen molar-refractivity contribution >= 4 is 29.0 Å². The second kappa shape index (κ2) is 13.7. The summed E-state index contributed by atoms with van der Waals surface area (Å²) in [6, 6.07) is 33.6. The van der Waals surface area contributed by atoms with E-state index in [4.69, 9.17) is 4.74 Å². The number of imide groups is 1. The number of hydrogen-bond donors (Lipinski definition) is 1. The van der Waals surface area contributed by atoms with Gasteiger partial charge in [-0.3, -0.25) is 24.1 Å². The molecule has 6 unspecified atom stereocenters. The molecule has 5 aliphatic rings. The highest BCUT2D eigenvalue weighted by Gasteiger charge is 2.66. The Balaban J connectivity index is 1.21. The van der Waals surface area contributed by atoms with Crippen LogP contribution in [0.2, 0.25) is 0 Å². The number of carbonyl (C=O) groups excluding carboxylic acids is 4. The van der Waals surface area contributed by atoms with Crippen molar-refractivity contribution in [3.63, 3.8) is 0 Å². The Morgan fingerprint density at radius 1 is 0.759 bits per heavy atom. The van der Waals surface area contributed by atoms with Crippen LogP contribution in [0.4, 0.5) is 0 Å². The highest BCUT2D eigenvalue weighted by atomic mass is 16.5. The van der Waals surface area contributed by atoms with E-state index in [9.17, 15) is 14.7 Å². The van der Waals surface area contributed by atoms with E-state index in [1.807, 2.05) is 97.1 Å². The lowest BCUT2D eigenvalue weighted by Crippen LogP contribution is -2.58. The van der Waals surface area contributed by atoms with Crippen LogP contribution in [0.15, 0.2) is 127 Å². The summed E-state index contributed by atoms with van der Waals surface area (Å²) in [7, 11) is 0. The summed E-state index contributed by atoms with van der Waals surface area (Å²) in [5.41, 5.74) is 2.60. The number of nitrogens with zero attached hydrogens (tertiary/aromatic N) is 1. The summed E-state index contributed by atoms with van der Waals surface area (Å²) in [6.45, 7) is 0.309. The third-order valence-corrected chi connectivity index (χ3v) is 12.9. The van der Waals surface area contributed by atoms with Crippen molar-refractivity contribution in [2.75, 3.05) is 0 Å². The lowest BCUT2D eigenvalue weighted by molar-refractivity contribution is -0.144. The first-order chi connectivity index (χ1) is 26.4. The minimum absolute atomic E-state index is 0.0565. The van der Waals surface area contributed by atoms with E-state index >= 15 is 9.59 Å². The Hall–Kier alpha value is -5.56. The normalized spacial score (nSPS) is 28.1. The molecule has 2 saturated carbocycles. The molecular formula is C47H43NO6. The number of allylic oxidation sites excluding steroid dienone is 4. The molecule has 7 nitrogen and oxygen atoms in total. The van der Waals surface area contributed by atoms with Gasteiger partial charge in [-0.15, -0.1) is 0 Å². The van der Waals surface area contributed by atoms with Crippen molar-refractivity contribution in [1.29, 1.82) is 0 Å². The molecule has 4 aromatic carbocycles. The van der Waals surface area contributed by atoms with Gasteiger partial charge in [0.25, 0.3) is 0 Å². The molecule has 272 valence electrons. The molecule has 6 atom stereocenters. The average Bonchev–Trinajstić information content (AvgIpc) is 3.48. The van der Waals surface area contributed by atoms with E-state index < -0.39 is 35.0 Å². The predicted octanol–water partition coefficient (Wildman–Crippen LogP) is 8.13. The third kappa shape index (κ3) is 5.39. The van der Waals surface area contributed by atoms with E-state index in [0.717, 1.165) is 43.2 Å². The quantitative estimate of drug-likeness (QED) is 0.153. The number of phenols is 1. The van der Waals surface area contributed by atoms with Gasteiger partial charge < -0.3 is 9.84 Å². The zero-order chi connectivity index (χ0) is 37.0. The monoisotopic (exact) mass is 717 g/mol. The number of hydrogen-bond acceptors (Lipinski definition) is 6. The SMILES string of the molecule is O=C1C(c2ccccc2)=CC(=O)C2(c3ccccc3)C1CC1C(=CCC3C(=O)N(C4CCCCC4)C(=O)C31)C2c1ccc(OCc2ccccc2)cc1O. The summed E-state index contributed by atoms with van der Waals surface area (Å²) >= 11 is 0. The fourth-order valence-electron chi connectivity index (χ4n) is 10.5. The summed E-state index contributed by atoms with van der Waals surface area (Å²) < 4.78 is 6.10. The lowest BCUT2D eigenvalue weighted by atomic mass is 9.44. The van der Waals surface area contributed by atoms with Crippen molar-refractivity contribution in [2.45, 2.75) is 68.9 Å². The number of phenolic OH excluding ortho intramolecular Hbond substituents is 1. The summed E-state index contributed by atoms with van der Waals surface area (Å²) in [5, 5.41) is 12.0. The molecular weight excluding hydrogens is 675 g/mol. The van der Waals surface area contributed by atoms with Crippen LogP contribution >= 0.6 is 0 Å². The molecule has 54 heavy (non-hydrogen) atoms. The number of fused-ring (bicyclic) bond motifs is 4. The van der Waals surface area contributed by atoms with Crippen molar-refractivity contribution in [3.8, 4) is 11.5 Å². The topological polar surface area (TPSA) is 101 Å². The van der Waals surface area contributed by atoms with Gasteiger partial charge >= 0.3 is 0 Å². The van der Waals surface area contributed by atoms with Crippen molar-refractivity contribution in [2.24, 2.45) is 23.7 Å². The van der Waals surface area contributed by atoms with Crippen LogP contribution < -0.4 is 4.74 Å². The van der Waals surface area contributed by atoms with Crippen LogP contribution in [-0.2, 0) is 31.2 Å². The first-order valence-corrected chi connectivity index (χ1v) is 19.4. The summed E-state index contributed by atoms with van der Waals surface area (Å²) in [6.07, 6.45) is 8.87. The number of rotatable bonds is 7. The van der Waals surface area contributed by atoms with Gasteiger partial charge in [-0.2, -0.15) is 0 Å². The Kier molecular flexibility index (Phi) is 8.68. The Bertz CT molecular complexity index is 2190. The number of ketones is 2. The van der Waals surface area contributed by atoms with Gasteiger partial charge in [-0.1, -0.05) is 128 Å². The minimum Gasteiger partial charge on any atom is -0.508 e. The molecule has 1 N–H and O–H groups in total. The Labute approximate surface area is 315 Å². The highest BCUT2D eigenvalue weighted by Crippen LogP contribution is 2.64. The number of likely N-dealkylation sites (tertiary alicyclic amines) is 1. The van der Waals surface area contributed by atoms with Crippen LogP contribution in [0.3, 0.4) is 0 Å². The number of aromatic hydroxyl groups is 1. The van der Waals surface area contributed by atoms with Crippen molar-refractivity contribution in [3.05, 3.63) is 149 Å². The van der Waals surface area contributed by atoms with Gasteiger partial charge in [-0.25, -0.2) is 0 Å². The van der Waals surface area contributed by atoms with E-state index in [-0.39, 0.29) is 41.6 Å². The second-order valence-corrected chi connectivity index (χ2v) is 15.6. The maximum Gasteiger partial charge on any atom is 0.233 e. The minimum atomic E-state index is -1.41. The van der Waals surface area contributed by atoms with Crippen LogP contribution in [0.1, 0.15) is 73.1 Å². The van der Waals surface area contributed by atoms with Gasteiger partial charge in [0.15, 0.2) is 11.6 Å². The number of Topliss-reactive ketones (excluding diaryl/α,β-unsaturated/α-hetero) is 1. The van der Waals surface area contributed by atoms with Crippen LogP contribution in [0.25, 0.3) is 5.57 Å². The van der Waals surface area contributed by atoms with Crippen LogP contribution in [0.5, 0.6) is 11.5 Å². The molecule has 4 aliphatic carbocycles. The van der Waals surface area contributed by atoms with Gasteiger partial charge in [0.1, 0.15) is 18.1 Å². The fourth-order valence-corrected chi connectivity index (χ4v) is 10.5. The zero-order valence-electron chi connectivity index (χ0n) is 30.1. The molecule has 4 aromatic rings. The molecule has 3 fully saturated rings. The van der Waals surface area contributed by atoms with Gasteiger partial charge in [0, 0.05) is 35.1 Å². The Morgan fingerprint density at radius 2 is 1.44 bits per heavy atom. The standard InChI is InChI=1S/C47H43NO6/c49-40-25-33(54-28-29-13-5-1-6-14-29)21-22-35(40)43-34-23-24-36-42(46(53)48(45(36)52)32-19-11-4-12-20-32)38(34)26-39-44(51)37(30-15-7-2-8-16-30)27-41(50)47(39,43)31-17-9-3-10-18-31/h1-3,5-10,13-18,21-23,25,27,32,36,38-39,42-43,49H,4,11-12,19-20,24,26,28H2. The predicted molar refractivity (Wildman–Crippen MR) is 204 cm³/mol. The third-order valence-electron chi connectivity index (χ3n) is 12.9. The van der Waals surface area contributed by atoms with Crippen molar-refractivity contribution < 1.29 is 29.0 Å². The first-order valence-electron chi connectivity index (χ1n) is 19.4. The van der Waals surface area contributed by atoms with E-state index in [1.54, 1.807) is 17.0 Å². The Morgan fingerprint density at radius 3 is 2.15 bits per heavy atom. The number of benzene rings is 4. The van der Waals surface area contributed by atoms with Gasteiger partial charge in [0.2, 0.25) is 11.8 Å². The molecule has 0 aromatic heterocycles. The van der Waals surface area contributed by atoms with Gasteiger partial charge in [0.05, 0.1) is 17.3 Å². The molecule has 9 rings (SSSR count). The molecule has 0 bridgehead atoms. The maximum absolute atomic E-state index is 15.3. The van der Waals surface area contributed by atoms with Crippen LogP contribution in [0, 0.1) is 23.7 Å². The molecule has 0 spiro atoms. The molecule has 0 radical (unpaired) electrons. The number of amides is 2. The molecule has 1 heterocycles. The zero-order valence-corrected chi connectivity index (χ0v) is 30.1. The second-order valence-electron chi connectivity index (χ2n) is 15.6. The first kappa shape index (κ1) is 34.2. The molecule has 2 amide bonds. The number of carbonyl (C=O) groups is 4. The largest absolute Gasteiger partial charge is 0.508 e. The summed E-state index contributed by atoms with van der Waals surface area (Å²) in [5.74, 6) is -3.51. The molecule has 1 saturated heterocycles. The smallest absolute Gasteiger partial charge is 0.233 e. The maximum atomic E-state index is 15.3. The van der Waals surface area contributed by atoms with E-state index in [0.29, 0.717) is 41.0 Å². The summed E-state index contributed by atoms with van der Waals surface area (Å²) in [4.78, 5) is 60.8. The fraction of sp³-hybridized carbons (Fsp3) is 0.319. The number of ether oxygens (including phenoxy) is 1. The molecule has 7 heteroatoms. The molecule has 1 aliphatic heterocycles. The van der Waals surface area contributed by atoms with Crippen LogP contribution in [-0.4, -0.2) is 39.4 Å². The lowest BCUT2D eigenvalue weighted by Gasteiger charge is -2.55. The van der Waals surface area contributed by atoms with E-state index in [2.05, 4.69) is 6.08 Å². The van der Waals surface area contributed by atoms with Gasteiger partial charge in [-0.05, 0) is 60.4 Å². The highest BCUT2D eigenvalue weighted by molar-refractivity contribution is 6.31.